The van der Waals surface area contributed by atoms with Crippen molar-refractivity contribution in [1.82, 2.24) is 9.38 Å². The van der Waals surface area contributed by atoms with Crippen LogP contribution in [0, 0.1) is 0 Å². The van der Waals surface area contributed by atoms with Gasteiger partial charge in [0.05, 0.1) is 21.3 Å². The lowest BCUT2D eigenvalue weighted by Crippen LogP contribution is -2.23. The van der Waals surface area contributed by atoms with Gasteiger partial charge in [-0.3, -0.25) is 4.79 Å². The van der Waals surface area contributed by atoms with Gasteiger partial charge in [-0.2, -0.15) is 0 Å². The van der Waals surface area contributed by atoms with Gasteiger partial charge < -0.3 is 9.64 Å². The monoisotopic (exact) mass is 361 g/mol. The van der Waals surface area contributed by atoms with E-state index in [0.29, 0.717) is 9.49 Å². The third-order valence-corrected chi connectivity index (χ3v) is 5.46. The van der Waals surface area contributed by atoms with Crippen molar-refractivity contribution in [3.05, 3.63) is 75.4 Å². The van der Waals surface area contributed by atoms with Crippen molar-refractivity contribution in [2.24, 2.45) is 0 Å². The third kappa shape index (κ3) is 2.16. The van der Waals surface area contributed by atoms with E-state index in [0.717, 1.165) is 34.9 Å². The molecule has 0 radical (unpaired) electrons. The highest BCUT2D eigenvalue weighted by molar-refractivity contribution is 7.15. The fourth-order valence-electron chi connectivity index (χ4n) is 3.28. The molecule has 0 aliphatic carbocycles. The van der Waals surface area contributed by atoms with Crippen LogP contribution in [0.15, 0.2) is 65.3 Å². The summed E-state index contributed by atoms with van der Waals surface area (Å²) in [5.74, 6) is 1.56. The fourth-order valence-corrected chi connectivity index (χ4v) is 4.20. The molecule has 6 heteroatoms. The molecule has 0 atom stereocenters. The number of fused-ring (bicyclic) bond motifs is 4. The molecule has 0 N–H and O–H groups in total. The lowest BCUT2D eigenvalue weighted by atomic mass is 10.3. The van der Waals surface area contributed by atoms with E-state index in [1.165, 1.54) is 11.3 Å². The van der Waals surface area contributed by atoms with E-state index in [9.17, 15) is 4.79 Å². The minimum absolute atomic E-state index is 0.0471. The molecule has 5 rings (SSSR count). The third-order valence-electron chi connectivity index (χ3n) is 4.48. The van der Waals surface area contributed by atoms with Gasteiger partial charge in [-0.25, -0.2) is 9.38 Å². The molecule has 0 saturated carbocycles. The Morgan fingerprint density at radius 3 is 2.81 bits per heavy atom. The van der Waals surface area contributed by atoms with Gasteiger partial charge in [0.1, 0.15) is 0 Å². The van der Waals surface area contributed by atoms with Crippen LogP contribution >= 0.6 is 11.3 Å². The van der Waals surface area contributed by atoms with Crippen LogP contribution in [0.1, 0.15) is 6.92 Å². The van der Waals surface area contributed by atoms with Crippen molar-refractivity contribution >= 4 is 39.1 Å². The van der Waals surface area contributed by atoms with Gasteiger partial charge >= 0.3 is 0 Å². The Hall–Kier alpha value is -3.12. The molecule has 128 valence electrons. The summed E-state index contributed by atoms with van der Waals surface area (Å²) < 4.78 is 8.25. The first kappa shape index (κ1) is 15.2. The SMILES string of the molecule is CCN1/C(=C\C=c2/sc3nc4ccccc4n3c2=O)Oc2ccccc21. The molecule has 0 bridgehead atoms. The van der Waals surface area contributed by atoms with Gasteiger partial charge in [0.25, 0.3) is 5.56 Å². The van der Waals surface area contributed by atoms with Crippen molar-refractivity contribution in [3.63, 3.8) is 0 Å². The van der Waals surface area contributed by atoms with Gasteiger partial charge in [-0.05, 0) is 37.3 Å². The number of imidazole rings is 1. The predicted molar refractivity (Wildman–Crippen MR) is 105 cm³/mol. The van der Waals surface area contributed by atoms with Crippen LogP contribution in [-0.4, -0.2) is 15.9 Å². The topological polar surface area (TPSA) is 46.8 Å². The molecule has 26 heavy (non-hydrogen) atoms. The average molecular weight is 361 g/mol. The molecule has 0 saturated heterocycles. The summed E-state index contributed by atoms with van der Waals surface area (Å²) >= 11 is 1.39. The Bertz CT molecular complexity index is 1290. The largest absolute Gasteiger partial charge is 0.439 e. The van der Waals surface area contributed by atoms with Gasteiger partial charge in [0.15, 0.2) is 10.7 Å². The lowest BCUT2D eigenvalue weighted by molar-refractivity contribution is 0.440. The number of ether oxygens (including phenoxy) is 1. The molecule has 1 aliphatic heterocycles. The second kappa shape index (κ2) is 5.71. The Morgan fingerprint density at radius 1 is 1.12 bits per heavy atom. The van der Waals surface area contributed by atoms with Crippen LogP contribution in [0.2, 0.25) is 0 Å². The van der Waals surface area contributed by atoms with Crippen molar-refractivity contribution in [2.75, 3.05) is 11.4 Å². The number of benzene rings is 2. The number of hydrogen-bond acceptors (Lipinski definition) is 5. The van der Waals surface area contributed by atoms with Gasteiger partial charge in [-0.15, -0.1) is 0 Å². The minimum Gasteiger partial charge on any atom is -0.439 e. The van der Waals surface area contributed by atoms with Crippen LogP contribution in [0.5, 0.6) is 5.75 Å². The van der Waals surface area contributed by atoms with E-state index in [4.69, 9.17) is 4.74 Å². The number of para-hydroxylation sites is 4. The number of nitrogens with zero attached hydrogens (tertiary/aromatic N) is 3. The van der Waals surface area contributed by atoms with Crippen LogP contribution < -0.4 is 19.7 Å². The molecule has 0 amide bonds. The minimum atomic E-state index is -0.0471. The highest BCUT2D eigenvalue weighted by Gasteiger charge is 2.23. The number of thiazole rings is 1. The van der Waals surface area contributed by atoms with Crippen LogP contribution in [0.4, 0.5) is 5.69 Å². The summed E-state index contributed by atoms with van der Waals surface area (Å²) in [6.07, 6.45) is 3.68. The molecule has 1 aliphatic rings. The van der Waals surface area contributed by atoms with Crippen LogP contribution in [0.3, 0.4) is 0 Å². The normalized spacial score (nSPS) is 16.0. The summed E-state index contributed by atoms with van der Waals surface area (Å²) in [6.45, 7) is 2.86. The molecule has 0 spiro atoms. The van der Waals surface area contributed by atoms with Crippen LogP contribution in [0.25, 0.3) is 22.1 Å². The van der Waals surface area contributed by atoms with E-state index < -0.39 is 0 Å². The van der Waals surface area contributed by atoms with Crippen molar-refractivity contribution in [2.45, 2.75) is 6.92 Å². The predicted octanol–water partition coefficient (Wildman–Crippen LogP) is 3.17. The zero-order valence-corrected chi connectivity index (χ0v) is 14.9. The smallest absolute Gasteiger partial charge is 0.274 e. The van der Waals surface area contributed by atoms with Crippen molar-refractivity contribution < 1.29 is 4.74 Å². The number of hydrogen-bond donors (Lipinski definition) is 0. The quantitative estimate of drug-likeness (QED) is 0.550. The van der Waals surface area contributed by atoms with Gasteiger partial charge in [0.2, 0.25) is 5.88 Å². The molecule has 2 aromatic heterocycles. The summed E-state index contributed by atoms with van der Waals surface area (Å²) in [5.41, 5.74) is 2.68. The van der Waals surface area contributed by atoms with E-state index in [-0.39, 0.29) is 5.56 Å². The Labute approximate surface area is 153 Å². The van der Waals surface area contributed by atoms with E-state index in [2.05, 4.69) is 16.8 Å². The number of allylic oxidation sites excluding steroid dienone is 1. The number of aromatic nitrogens is 2. The fraction of sp³-hybridized carbons (Fsp3) is 0.100. The number of anilines is 1. The summed E-state index contributed by atoms with van der Waals surface area (Å²) in [7, 11) is 0. The molecule has 0 fully saturated rings. The molecule has 5 nitrogen and oxygen atoms in total. The van der Waals surface area contributed by atoms with E-state index >= 15 is 0 Å². The first-order chi connectivity index (χ1) is 12.8. The first-order valence-electron chi connectivity index (χ1n) is 8.42. The molecular weight excluding hydrogens is 346 g/mol. The van der Waals surface area contributed by atoms with Gasteiger partial charge in [0, 0.05) is 12.6 Å². The highest BCUT2D eigenvalue weighted by atomic mass is 32.1. The Morgan fingerprint density at radius 2 is 1.92 bits per heavy atom. The summed E-state index contributed by atoms with van der Waals surface area (Å²) in [4.78, 5) is 20.1. The van der Waals surface area contributed by atoms with E-state index in [1.54, 1.807) is 4.40 Å². The molecule has 3 heterocycles. The average Bonchev–Trinajstić information content (AvgIpc) is 3.30. The summed E-state index contributed by atoms with van der Waals surface area (Å²) in [5, 5.41) is 0. The highest BCUT2D eigenvalue weighted by Crippen LogP contribution is 2.38. The Kier molecular flexibility index (Phi) is 3.33. The van der Waals surface area contributed by atoms with Gasteiger partial charge in [-0.1, -0.05) is 35.6 Å². The maximum atomic E-state index is 12.8. The zero-order chi connectivity index (χ0) is 17.7. The Balaban J connectivity index is 1.62. The zero-order valence-electron chi connectivity index (χ0n) is 14.0. The van der Waals surface area contributed by atoms with E-state index in [1.807, 2.05) is 60.7 Å². The second-order valence-electron chi connectivity index (χ2n) is 5.98. The van der Waals surface area contributed by atoms with Crippen molar-refractivity contribution in [3.8, 4) is 5.75 Å². The summed E-state index contributed by atoms with van der Waals surface area (Å²) in [6, 6.07) is 15.6. The maximum Gasteiger partial charge on any atom is 0.274 e. The maximum absolute atomic E-state index is 12.8. The lowest BCUT2D eigenvalue weighted by Gasteiger charge is -2.14. The molecule has 2 aromatic carbocycles. The standard InChI is InChI=1S/C20H15N3O2S/c1-2-22-15-9-5-6-10-16(15)25-18(22)12-11-17-19(24)23-14-8-4-3-7-13(14)21-20(23)26-17/h3-12H,2H2,1H3/b17-11-,18-12+. The molecule has 0 unspecified atom stereocenters. The van der Waals surface area contributed by atoms with Crippen LogP contribution in [-0.2, 0) is 0 Å². The number of rotatable bonds is 2. The molecular formula is C20H15N3O2S. The second-order valence-corrected chi connectivity index (χ2v) is 6.98. The molecule has 4 aromatic rings. The van der Waals surface area contributed by atoms with Crippen molar-refractivity contribution in [1.29, 1.82) is 0 Å². The first-order valence-corrected chi connectivity index (χ1v) is 9.24.